The highest BCUT2D eigenvalue weighted by Crippen LogP contribution is 2.46. The molecule has 1 heterocycles. The molecule has 1 N–H and O–H groups in total. The largest absolute Gasteiger partial charge is 0.414 e. The first-order valence-electron chi connectivity index (χ1n) is 15.3. The Labute approximate surface area is 253 Å². The molecule has 0 bridgehead atoms. The van der Waals surface area contributed by atoms with Crippen molar-refractivity contribution in [2.24, 2.45) is 0 Å². The van der Waals surface area contributed by atoms with Crippen molar-refractivity contribution in [3.63, 3.8) is 0 Å². The van der Waals surface area contributed by atoms with Gasteiger partial charge in [-0.1, -0.05) is 83.1 Å². The van der Waals surface area contributed by atoms with Crippen LogP contribution in [-0.2, 0) is 22.4 Å². The highest BCUT2D eigenvalue weighted by Gasteiger charge is 2.56. The van der Waals surface area contributed by atoms with Crippen LogP contribution in [0.2, 0.25) is 72.5 Å². The summed E-state index contributed by atoms with van der Waals surface area (Å²) in [5, 5.41) is 11.6. The van der Waals surface area contributed by atoms with Gasteiger partial charge in [0.05, 0.1) is 6.61 Å². The van der Waals surface area contributed by atoms with E-state index in [1.165, 1.54) is 0 Å². The molecule has 0 aliphatic carbocycles. The predicted octanol–water partition coefficient (Wildman–Crippen LogP) is 8.90. The number of rotatable bonds is 9. The van der Waals surface area contributed by atoms with Gasteiger partial charge in [0, 0.05) is 0 Å². The number of aliphatic hydroxyl groups is 1. The first kappa shape index (κ1) is 38.7. The third-order valence-corrected chi connectivity index (χ3v) is 28.7. The van der Waals surface area contributed by atoms with E-state index in [1.807, 2.05) is 0 Å². The molecule has 240 valence electrons. The number of aliphatic hydroxyl groups excluding tert-OH is 1. The van der Waals surface area contributed by atoms with Gasteiger partial charge >= 0.3 is 0 Å². The lowest BCUT2D eigenvalue weighted by atomic mass is 9.99. The molecule has 1 saturated heterocycles. The van der Waals surface area contributed by atoms with Crippen molar-refractivity contribution in [2.75, 3.05) is 6.61 Å². The van der Waals surface area contributed by atoms with Crippen molar-refractivity contribution in [1.29, 1.82) is 0 Å². The standard InChI is InChI=1S/C30H68O6Si4/c1-27(2,3)37(13,14)32-21-22-23(34-38(15,16)28(4,5)6)24(35-39(17,18)29(7,8)9)25(26(31)33-22)36-40(19,20)30(10,11)12/h22-26,31H,21H2,1-20H3/t22-,23+,24+,25-,26+/m1/s1. The normalized spacial score (nSPS) is 26.8. The number of ether oxygens (including phenoxy) is 1. The zero-order valence-corrected chi connectivity index (χ0v) is 34.1. The van der Waals surface area contributed by atoms with Crippen LogP contribution in [0.5, 0.6) is 0 Å². The molecule has 0 spiro atoms. The van der Waals surface area contributed by atoms with Crippen molar-refractivity contribution >= 4 is 33.3 Å². The molecule has 0 radical (unpaired) electrons. The minimum Gasteiger partial charge on any atom is -0.414 e. The zero-order chi connectivity index (χ0) is 32.1. The van der Waals surface area contributed by atoms with Crippen LogP contribution >= 0.6 is 0 Å². The maximum Gasteiger partial charge on any atom is 0.192 e. The molecule has 5 atom stereocenters. The van der Waals surface area contributed by atoms with Gasteiger partial charge in [0.25, 0.3) is 0 Å². The lowest BCUT2D eigenvalue weighted by Crippen LogP contribution is -2.68. The number of hydrogen-bond acceptors (Lipinski definition) is 6. The second-order valence-electron chi connectivity index (χ2n) is 18.2. The summed E-state index contributed by atoms with van der Waals surface area (Å²) < 4.78 is 34.6. The quantitative estimate of drug-likeness (QED) is 0.255. The van der Waals surface area contributed by atoms with Crippen molar-refractivity contribution < 1.29 is 27.5 Å². The van der Waals surface area contributed by atoms with E-state index in [9.17, 15) is 5.11 Å². The summed E-state index contributed by atoms with van der Waals surface area (Å²) in [6, 6.07) is 0. The fourth-order valence-electron chi connectivity index (χ4n) is 3.49. The Balaban J connectivity index is 3.75. The van der Waals surface area contributed by atoms with Crippen molar-refractivity contribution in [1.82, 2.24) is 0 Å². The van der Waals surface area contributed by atoms with Crippen LogP contribution < -0.4 is 0 Å². The monoisotopic (exact) mass is 636 g/mol. The van der Waals surface area contributed by atoms with Crippen molar-refractivity contribution in [2.45, 2.75) is 186 Å². The van der Waals surface area contributed by atoms with E-state index in [2.05, 4.69) is 135 Å². The summed E-state index contributed by atoms with van der Waals surface area (Å²) in [5.74, 6) is 0. The van der Waals surface area contributed by atoms with E-state index in [0.717, 1.165) is 0 Å². The fraction of sp³-hybridized carbons (Fsp3) is 1.00. The molecule has 0 saturated carbocycles. The van der Waals surface area contributed by atoms with Crippen LogP contribution in [0.25, 0.3) is 0 Å². The van der Waals surface area contributed by atoms with Gasteiger partial charge in [0.15, 0.2) is 39.6 Å². The molecule has 1 aliphatic rings. The van der Waals surface area contributed by atoms with E-state index in [0.29, 0.717) is 6.61 Å². The summed E-state index contributed by atoms with van der Waals surface area (Å²) >= 11 is 0. The SMILES string of the molecule is CC(C)(C)[Si](C)(C)OC[C@H]1O[C@H](O)[C@H](O[Si](C)(C)C(C)(C)C)[C@@H](O[Si](C)(C)C(C)(C)C)[C@H]1O[Si](C)(C)C(C)(C)C. The summed E-state index contributed by atoms with van der Waals surface area (Å²) in [6.07, 6.45) is -3.13. The molecule has 0 aromatic rings. The van der Waals surface area contributed by atoms with Gasteiger partial charge in [-0.15, -0.1) is 0 Å². The minimum absolute atomic E-state index is 0.00872. The van der Waals surface area contributed by atoms with Crippen molar-refractivity contribution in [3.05, 3.63) is 0 Å². The molecule has 0 aromatic heterocycles. The van der Waals surface area contributed by atoms with Gasteiger partial charge < -0.3 is 27.5 Å². The molecule has 10 heteroatoms. The minimum atomic E-state index is -2.30. The maximum atomic E-state index is 11.6. The number of hydrogen-bond donors (Lipinski definition) is 1. The van der Waals surface area contributed by atoms with Crippen LogP contribution in [0.15, 0.2) is 0 Å². The highest BCUT2D eigenvalue weighted by atomic mass is 28.4. The van der Waals surface area contributed by atoms with E-state index in [4.69, 9.17) is 22.4 Å². The molecule has 0 amide bonds. The summed E-state index contributed by atoms with van der Waals surface area (Å²) in [7, 11) is -8.93. The second-order valence-corrected chi connectivity index (χ2v) is 37.2. The van der Waals surface area contributed by atoms with Gasteiger partial charge in [0.2, 0.25) is 0 Å². The van der Waals surface area contributed by atoms with E-state index in [-0.39, 0.29) is 20.2 Å². The van der Waals surface area contributed by atoms with Gasteiger partial charge in [0.1, 0.15) is 24.4 Å². The molecular weight excluding hydrogens is 569 g/mol. The first-order chi connectivity index (χ1) is 17.3. The maximum absolute atomic E-state index is 11.6. The van der Waals surface area contributed by atoms with Crippen LogP contribution in [0, 0.1) is 0 Å². The van der Waals surface area contributed by atoms with Crippen LogP contribution in [0.3, 0.4) is 0 Å². The smallest absolute Gasteiger partial charge is 0.192 e. The van der Waals surface area contributed by atoms with E-state index >= 15 is 0 Å². The molecule has 1 aliphatic heterocycles. The first-order valence-corrected chi connectivity index (χ1v) is 26.9. The summed E-state index contributed by atoms with van der Waals surface area (Å²) in [4.78, 5) is 0. The highest BCUT2D eigenvalue weighted by molar-refractivity contribution is 6.75. The van der Waals surface area contributed by atoms with E-state index in [1.54, 1.807) is 0 Å². The van der Waals surface area contributed by atoms with Crippen LogP contribution in [0.1, 0.15) is 83.1 Å². The summed E-state index contributed by atoms with van der Waals surface area (Å²) in [6.45, 7) is 45.3. The van der Waals surface area contributed by atoms with Crippen molar-refractivity contribution in [3.8, 4) is 0 Å². The average Bonchev–Trinajstić information content (AvgIpc) is 2.67. The van der Waals surface area contributed by atoms with Crippen LogP contribution in [-0.4, -0.2) is 75.7 Å². The topological polar surface area (TPSA) is 66.4 Å². The Bertz CT molecular complexity index is 831. The lowest BCUT2D eigenvalue weighted by molar-refractivity contribution is -0.276. The molecule has 1 fully saturated rings. The Kier molecular flexibility index (Phi) is 11.8. The van der Waals surface area contributed by atoms with Gasteiger partial charge in [-0.05, 0) is 72.5 Å². The third kappa shape index (κ3) is 9.08. The summed E-state index contributed by atoms with van der Waals surface area (Å²) in [5.41, 5.74) is 0. The molecule has 0 aromatic carbocycles. The fourth-order valence-corrected chi connectivity index (χ4v) is 8.41. The van der Waals surface area contributed by atoms with Crippen LogP contribution in [0.4, 0.5) is 0 Å². The molecule has 1 rings (SSSR count). The van der Waals surface area contributed by atoms with Gasteiger partial charge in [-0.3, -0.25) is 0 Å². The Morgan fingerprint density at radius 2 is 0.800 bits per heavy atom. The Hall–Kier alpha value is 0.628. The molecular formula is C30H68O6Si4. The van der Waals surface area contributed by atoms with Gasteiger partial charge in [-0.2, -0.15) is 0 Å². The lowest BCUT2D eigenvalue weighted by Gasteiger charge is -2.54. The second kappa shape index (κ2) is 12.2. The van der Waals surface area contributed by atoms with E-state index < -0.39 is 64.0 Å². The Morgan fingerprint density at radius 3 is 1.12 bits per heavy atom. The Morgan fingerprint density at radius 1 is 0.500 bits per heavy atom. The molecule has 0 unspecified atom stereocenters. The average molecular weight is 637 g/mol. The third-order valence-electron chi connectivity index (χ3n) is 10.7. The zero-order valence-electron chi connectivity index (χ0n) is 30.1. The predicted molar refractivity (Wildman–Crippen MR) is 180 cm³/mol. The molecule has 40 heavy (non-hydrogen) atoms. The van der Waals surface area contributed by atoms with Gasteiger partial charge in [-0.25, -0.2) is 0 Å². The molecule has 6 nitrogen and oxygen atoms in total.